The minimum Gasteiger partial charge on any atom is -0.496 e. The first-order chi connectivity index (χ1) is 6.07. The third-order valence-corrected chi connectivity index (χ3v) is 2.11. The van der Waals surface area contributed by atoms with Crippen molar-refractivity contribution in [3.63, 3.8) is 0 Å². The van der Waals surface area contributed by atoms with E-state index in [0.29, 0.717) is 17.0 Å². The molecule has 0 amide bonds. The second-order valence-electron chi connectivity index (χ2n) is 2.60. The summed E-state index contributed by atoms with van der Waals surface area (Å²) in [7, 11) is 1.48. The predicted octanol–water partition coefficient (Wildman–Crippen LogP) is 2.13. The largest absolute Gasteiger partial charge is 0.496 e. The SMILES string of the molecule is COc1ccc(N)c(Cl)c1C(C)=O. The summed E-state index contributed by atoms with van der Waals surface area (Å²) in [5, 5.41) is 0.256. The highest BCUT2D eigenvalue weighted by atomic mass is 35.5. The average Bonchev–Trinajstić information content (AvgIpc) is 2.08. The van der Waals surface area contributed by atoms with Crippen molar-refractivity contribution in [3.05, 3.63) is 22.7 Å². The van der Waals surface area contributed by atoms with Gasteiger partial charge in [-0.3, -0.25) is 4.79 Å². The van der Waals surface area contributed by atoms with E-state index >= 15 is 0 Å². The number of benzene rings is 1. The molecule has 1 aromatic carbocycles. The van der Waals surface area contributed by atoms with E-state index in [1.54, 1.807) is 12.1 Å². The van der Waals surface area contributed by atoms with Gasteiger partial charge in [0.25, 0.3) is 0 Å². The molecule has 0 spiro atoms. The van der Waals surface area contributed by atoms with Crippen LogP contribution in [0.2, 0.25) is 5.02 Å². The molecule has 4 heteroatoms. The Morgan fingerprint density at radius 3 is 2.62 bits per heavy atom. The van der Waals surface area contributed by atoms with Crippen LogP contribution in [0, 0.1) is 0 Å². The van der Waals surface area contributed by atoms with Gasteiger partial charge < -0.3 is 10.5 Å². The molecule has 0 atom stereocenters. The molecule has 0 fully saturated rings. The number of Topliss-reactive ketones (excluding diaryl/α,β-unsaturated/α-hetero) is 1. The Morgan fingerprint density at radius 1 is 1.54 bits per heavy atom. The Morgan fingerprint density at radius 2 is 2.15 bits per heavy atom. The lowest BCUT2D eigenvalue weighted by Crippen LogP contribution is -2.01. The van der Waals surface area contributed by atoms with Gasteiger partial charge in [-0.1, -0.05) is 11.6 Å². The maximum absolute atomic E-state index is 11.2. The van der Waals surface area contributed by atoms with Gasteiger partial charge in [-0.2, -0.15) is 0 Å². The Labute approximate surface area is 81.4 Å². The van der Waals surface area contributed by atoms with E-state index in [0.717, 1.165) is 0 Å². The highest BCUT2D eigenvalue weighted by molar-refractivity contribution is 6.36. The van der Waals surface area contributed by atoms with Crippen molar-refractivity contribution in [2.45, 2.75) is 6.92 Å². The molecule has 1 aromatic rings. The zero-order valence-electron chi connectivity index (χ0n) is 7.43. The molecule has 0 radical (unpaired) electrons. The second kappa shape index (κ2) is 3.66. The number of carbonyl (C=O) groups excluding carboxylic acids is 1. The Balaban J connectivity index is 3.41. The van der Waals surface area contributed by atoms with E-state index in [9.17, 15) is 4.79 Å². The van der Waals surface area contributed by atoms with E-state index in [4.69, 9.17) is 22.1 Å². The molecule has 13 heavy (non-hydrogen) atoms. The summed E-state index contributed by atoms with van der Waals surface area (Å²) in [6, 6.07) is 3.23. The van der Waals surface area contributed by atoms with Crippen LogP contribution in [0.25, 0.3) is 0 Å². The summed E-state index contributed by atoms with van der Waals surface area (Å²) in [5.74, 6) is 0.292. The summed E-state index contributed by atoms with van der Waals surface area (Å²) in [4.78, 5) is 11.2. The molecule has 0 aliphatic heterocycles. The van der Waals surface area contributed by atoms with Crippen LogP contribution in [-0.4, -0.2) is 12.9 Å². The summed E-state index contributed by atoms with van der Waals surface area (Å²) < 4.78 is 4.98. The lowest BCUT2D eigenvalue weighted by molar-refractivity contribution is 0.101. The molecule has 0 heterocycles. The summed E-state index contributed by atoms with van der Waals surface area (Å²) in [6.45, 7) is 1.42. The molecule has 0 unspecified atom stereocenters. The number of nitrogens with two attached hydrogens (primary N) is 1. The van der Waals surface area contributed by atoms with Crippen LogP contribution in [0.4, 0.5) is 5.69 Å². The molecular weight excluding hydrogens is 190 g/mol. The third-order valence-electron chi connectivity index (χ3n) is 1.71. The normalized spacial score (nSPS) is 9.77. The molecule has 0 saturated heterocycles. The maximum atomic E-state index is 11.2. The van der Waals surface area contributed by atoms with Crippen LogP contribution in [0.1, 0.15) is 17.3 Å². The zero-order chi connectivity index (χ0) is 10.0. The van der Waals surface area contributed by atoms with Gasteiger partial charge in [0.2, 0.25) is 0 Å². The van der Waals surface area contributed by atoms with Gasteiger partial charge in [0.15, 0.2) is 5.78 Å². The number of ether oxygens (including phenoxy) is 1. The summed E-state index contributed by atoms with van der Waals surface area (Å²) >= 11 is 5.85. The number of halogens is 1. The minimum atomic E-state index is -0.158. The van der Waals surface area contributed by atoms with Crippen LogP contribution in [0.15, 0.2) is 12.1 Å². The molecule has 0 aromatic heterocycles. The Hall–Kier alpha value is -1.22. The highest BCUT2D eigenvalue weighted by Gasteiger charge is 2.14. The first kappa shape index (κ1) is 9.86. The van der Waals surface area contributed by atoms with Crippen molar-refractivity contribution in [1.29, 1.82) is 0 Å². The lowest BCUT2D eigenvalue weighted by atomic mass is 10.1. The number of anilines is 1. The second-order valence-corrected chi connectivity index (χ2v) is 2.98. The molecule has 2 N–H and O–H groups in total. The number of rotatable bonds is 2. The average molecular weight is 200 g/mol. The van der Waals surface area contributed by atoms with Gasteiger partial charge in [0.1, 0.15) is 5.75 Å². The van der Waals surface area contributed by atoms with E-state index < -0.39 is 0 Å². The quantitative estimate of drug-likeness (QED) is 0.587. The number of nitrogen functional groups attached to an aromatic ring is 1. The third kappa shape index (κ3) is 1.75. The van der Waals surface area contributed by atoms with Gasteiger partial charge in [-0.05, 0) is 19.1 Å². The Bertz CT molecular complexity index is 350. The van der Waals surface area contributed by atoms with Gasteiger partial charge in [0.05, 0.1) is 23.4 Å². The monoisotopic (exact) mass is 199 g/mol. The fourth-order valence-electron chi connectivity index (χ4n) is 1.07. The molecule has 0 aliphatic rings. The van der Waals surface area contributed by atoms with Crippen molar-refractivity contribution in [3.8, 4) is 5.75 Å². The van der Waals surface area contributed by atoms with Crippen molar-refractivity contribution in [2.75, 3.05) is 12.8 Å². The van der Waals surface area contributed by atoms with Crippen molar-refractivity contribution >= 4 is 23.1 Å². The van der Waals surface area contributed by atoms with Gasteiger partial charge in [-0.15, -0.1) is 0 Å². The van der Waals surface area contributed by atoms with Crippen LogP contribution in [-0.2, 0) is 0 Å². The molecule has 3 nitrogen and oxygen atoms in total. The predicted molar refractivity (Wildman–Crippen MR) is 52.4 cm³/mol. The van der Waals surface area contributed by atoms with Gasteiger partial charge in [0, 0.05) is 0 Å². The first-order valence-corrected chi connectivity index (χ1v) is 4.08. The van der Waals surface area contributed by atoms with Crippen LogP contribution in [0.5, 0.6) is 5.75 Å². The molecular formula is C9H10ClNO2. The van der Waals surface area contributed by atoms with Crippen LogP contribution in [0.3, 0.4) is 0 Å². The number of ketones is 1. The number of methoxy groups -OCH3 is 1. The summed E-state index contributed by atoms with van der Waals surface area (Å²) in [5.41, 5.74) is 6.26. The van der Waals surface area contributed by atoms with Crippen molar-refractivity contribution in [1.82, 2.24) is 0 Å². The van der Waals surface area contributed by atoms with Gasteiger partial charge >= 0.3 is 0 Å². The molecule has 0 saturated carbocycles. The van der Waals surface area contributed by atoms with E-state index in [1.165, 1.54) is 14.0 Å². The van der Waals surface area contributed by atoms with E-state index in [1.807, 2.05) is 0 Å². The number of hydrogen-bond donors (Lipinski definition) is 1. The smallest absolute Gasteiger partial charge is 0.165 e. The number of hydrogen-bond acceptors (Lipinski definition) is 3. The van der Waals surface area contributed by atoms with Crippen molar-refractivity contribution < 1.29 is 9.53 Å². The molecule has 1 rings (SSSR count). The highest BCUT2D eigenvalue weighted by Crippen LogP contribution is 2.31. The summed E-state index contributed by atoms with van der Waals surface area (Å²) in [6.07, 6.45) is 0. The van der Waals surface area contributed by atoms with Crippen LogP contribution >= 0.6 is 11.6 Å². The Kier molecular flexibility index (Phi) is 2.78. The van der Waals surface area contributed by atoms with Crippen LogP contribution < -0.4 is 10.5 Å². The van der Waals surface area contributed by atoms with E-state index in [-0.39, 0.29) is 10.8 Å². The van der Waals surface area contributed by atoms with E-state index in [2.05, 4.69) is 0 Å². The zero-order valence-corrected chi connectivity index (χ0v) is 8.18. The standard InChI is InChI=1S/C9H10ClNO2/c1-5(12)8-7(13-2)4-3-6(11)9(8)10/h3-4H,11H2,1-2H3. The minimum absolute atomic E-state index is 0.158. The van der Waals surface area contributed by atoms with Crippen molar-refractivity contribution in [2.24, 2.45) is 0 Å². The maximum Gasteiger partial charge on any atom is 0.165 e. The fraction of sp³-hybridized carbons (Fsp3) is 0.222. The van der Waals surface area contributed by atoms with Gasteiger partial charge in [-0.25, -0.2) is 0 Å². The fourth-order valence-corrected chi connectivity index (χ4v) is 1.36. The molecule has 0 aliphatic carbocycles. The lowest BCUT2D eigenvalue weighted by Gasteiger charge is -2.08. The first-order valence-electron chi connectivity index (χ1n) is 3.70. The molecule has 70 valence electrons. The topological polar surface area (TPSA) is 52.3 Å². The molecule has 0 bridgehead atoms. The number of carbonyl (C=O) groups is 1.